The first-order chi connectivity index (χ1) is 11.9. The summed E-state index contributed by atoms with van der Waals surface area (Å²) in [4.78, 5) is 6.88. The summed E-state index contributed by atoms with van der Waals surface area (Å²) in [5.74, 6) is 1.64. The molecule has 5 heteroatoms. The van der Waals surface area contributed by atoms with Gasteiger partial charge >= 0.3 is 0 Å². The molecule has 0 N–H and O–H groups in total. The van der Waals surface area contributed by atoms with Crippen LogP contribution in [-0.4, -0.2) is 24.3 Å². The van der Waals surface area contributed by atoms with Gasteiger partial charge in [-0.15, -0.1) is 0 Å². The molecule has 0 heterocycles. The van der Waals surface area contributed by atoms with Gasteiger partial charge in [0.15, 0.2) is 0 Å². The lowest BCUT2D eigenvalue weighted by atomic mass is 10.1. The minimum atomic E-state index is 0.792. The molecule has 0 saturated carbocycles. The molecule has 0 spiro atoms. The van der Waals surface area contributed by atoms with E-state index in [-0.39, 0.29) is 0 Å². The van der Waals surface area contributed by atoms with E-state index in [1.54, 1.807) is 0 Å². The molecule has 0 unspecified atom stereocenters. The van der Waals surface area contributed by atoms with Gasteiger partial charge in [-0.05, 0) is 68.7 Å². The predicted octanol–water partition coefficient (Wildman–Crippen LogP) is 7.01. The molecule has 0 radical (unpaired) electrons. The van der Waals surface area contributed by atoms with Crippen molar-refractivity contribution in [2.45, 2.75) is 34.1 Å². The summed E-state index contributed by atoms with van der Waals surface area (Å²) in [5, 5.41) is 0. The lowest BCUT2D eigenvalue weighted by Crippen LogP contribution is -2.21. The molecule has 2 aromatic carbocycles. The van der Waals surface area contributed by atoms with Gasteiger partial charge in [0.25, 0.3) is 0 Å². The van der Waals surface area contributed by atoms with Crippen LogP contribution in [-0.2, 0) is 0 Å². The second-order valence-corrected chi connectivity index (χ2v) is 7.82. The number of halogens is 2. The van der Waals surface area contributed by atoms with Gasteiger partial charge in [0, 0.05) is 22.0 Å². The van der Waals surface area contributed by atoms with E-state index in [2.05, 4.69) is 68.6 Å². The number of rotatable bonds is 7. The average molecular weight is 468 g/mol. The van der Waals surface area contributed by atoms with E-state index in [1.807, 2.05) is 37.5 Å². The summed E-state index contributed by atoms with van der Waals surface area (Å²) < 4.78 is 8.02. The van der Waals surface area contributed by atoms with Crippen LogP contribution in [0.5, 0.6) is 11.5 Å². The highest BCUT2D eigenvalue weighted by atomic mass is 79.9. The Bertz CT molecular complexity index is 739. The normalized spacial score (nSPS) is 11.1. The van der Waals surface area contributed by atoms with Crippen LogP contribution in [0, 0.1) is 13.8 Å². The molecule has 25 heavy (non-hydrogen) atoms. The Balaban J connectivity index is 2.23. The first-order valence-electron chi connectivity index (χ1n) is 8.46. The first kappa shape index (κ1) is 20.0. The van der Waals surface area contributed by atoms with Crippen LogP contribution in [0.4, 0.5) is 5.69 Å². The maximum Gasteiger partial charge on any atom is 0.130 e. The number of aryl methyl sites for hydroxylation is 2. The summed E-state index contributed by atoms with van der Waals surface area (Å²) in [6.07, 6.45) is 3.06. The highest BCUT2D eigenvalue weighted by Gasteiger charge is 2.08. The molecule has 0 aromatic heterocycles. The Morgan fingerprint density at radius 2 is 1.68 bits per heavy atom. The minimum absolute atomic E-state index is 0.792. The van der Waals surface area contributed by atoms with Crippen molar-refractivity contribution in [3.63, 3.8) is 0 Å². The summed E-state index contributed by atoms with van der Waals surface area (Å²) in [6, 6.07) is 10.0. The molecular weight excluding hydrogens is 444 g/mol. The molecule has 3 nitrogen and oxygen atoms in total. The first-order valence-corrected chi connectivity index (χ1v) is 10.0. The zero-order chi connectivity index (χ0) is 18.4. The zero-order valence-electron chi connectivity index (χ0n) is 15.1. The number of benzene rings is 2. The second-order valence-electron chi connectivity index (χ2n) is 5.98. The number of hydrogen-bond donors (Lipinski definition) is 0. The van der Waals surface area contributed by atoms with E-state index >= 15 is 0 Å². The largest absolute Gasteiger partial charge is 0.457 e. The van der Waals surface area contributed by atoms with Crippen molar-refractivity contribution >= 4 is 43.9 Å². The fourth-order valence-corrected chi connectivity index (χ4v) is 3.72. The van der Waals surface area contributed by atoms with Crippen molar-refractivity contribution < 1.29 is 4.74 Å². The van der Waals surface area contributed by atoms with Gasteiger partial charge < -0.3 is 9.64 Å². The van der Waals surface area contributed by atoms with Crippen LogP contribution in [0.15, 0.2) is 44.3 Å². The third-order valence-corrected chi connectivity index (χ3v) is 4.75. The Hall–Kier alpha value is -1.33. The summed E-state index contributed by atoms with van der Waals surface area (Å²) in [5.41, 5.74) is 3.14. The Kier molecular flexibility index (Phi) is 7.51. The van der Waals surface area contributed by atoms with Crippen molar-refractivity contribution in [3.05, 3.63) is 50.4 Å². The van der Waals surface area contributed by atoms with Gasteiger partial charge in [-0.2, -0.15) is 0 Å². The molecule has 0 fully saturated rings. The smallest absolute Gasteiger partial charge is 0.130 e. The maximum absolute atomic E-state index is 6.07. The highest BCUT2D eigenvalue weighted by Crippen LogP contribution is 2.33. The SMILES string of the molecule is CCCN(C=Nc1cc(C)c(Oc2cc(Br)cc(Br)c2)cc1C)CC. The third kappa shape index (κ3) is 5.86. The average Bonchev–Trinajstić information content (AvgIpc) is 2.54. The van der Waals surface area contributed by atoms with E-state index in [4.69, 9.17) is 4.74 Å². The van der Waals surface area contributed by atoms with E-state index in [1.165, 1.54) is 0 Å². The molecule has 0 aliphatic rings. The Labute approximate surface area is 167 Å². The molecule has 2 rings (SSSR count). The molecule has 2 aromatic rings. The van der Waals surface area contributed by atoms with Crippen molar-refractivity contribution in [2.24, 2.45) is 4.99 Å². The Morgan fingerprint density at radius 1 is 1.00 bits per heavy atom. The van der Waals surface area contributed by atoms with Gasteiger partial charge in [0.05, 0.1) is 12.0 Å². The van der Waals surface area contributed by atoms with E-state index in [0.29, 0.717) is 0 Å². The third-order valence-electron chi connectivity index (χ3n) is 3.83. The lowest BCUT2D eigenvalue weighted by Gasteiger charge is -2.16. The van der Waals surface area contributed by atoms with Crippen molar-refractivity contribution in [1.82, 2.24) is 4.90 Å². The monoisotopic (exact) mass is 466 g/mol. The van der Waals surface area contributed by atoms with Gasteiger partial charge in [-0.1, -0.05) is 38.8 Å². The zero-order valence-corrected chi connectivity index (χ0v) is 18.3. The number of nitrogens with zero attached hydrogens (tertiary/aromatic N) is 2. The molecule has 0 atom stereocenters. The van der Waals surface area contributed by atoms with Gasteiger partial charge in [0.1, 0.15) is 11.5 Å². The van der Waals surface area contributed by atoms with E-state index < -0.39 is 0 Å². The molecule has 134 valence electrons. The van der Waals surface area contributed by atoms with Gasteiger partial charge in [-0.3, -0.25) is 0 Å². The molecule has 0 saturated heterocycles. The number of aliphatic imine (C=N–C) groups is 1. The number of ether oxygens (including phenoxy) is 1. The highest BCUT2D eigenvalue weighted by molar-refractivity contribution is 9.11. The fourth-order valence-electron chi connectivity index (χ4n) is 2.47. The topological polar surface area (TPSA) is 24.8 Å². The molecule has 0 amide bonds. The number of hydrogen-bond acceptors (Lipinski definition) is 2. The predicted molar refractivity (Wildman–Crippen MR) is 114 cm³/mol. The van der Waals surface area contributed by atoms with Crippen LogP contribution < -0.4 is 4.74 Å². The van der Waals surface area contributed by atoms with Crippen LogP contribution in [0.25, 0.3) is 0 Å². The van der Waals surface area contributed by atoms with Crippen molar-refractivity contribution in [1.29, 1.82) is 0 Å². The second kappa shape index (κ2) is 9.39. The van der Waals surface area contributed by atoms with Crippen LogP contribution in [0.3, 0.4) is 0 Å². The van der Waals surface area contributed by atoms with E-state index in [0.717, 1.165) is 56.8 Å². The summed E-state index contributed by atoms with van der Waals surface area (Å²) in [6.45, 7) is 10.4. The van der Waals surface area contributed by atoms with Crippen LogP contribution in [0.2, 0.25) is 0 Å². The lowest BCUT2D eigenvalue weighted by molar-refractivity contribution is 0.452. The van der Waals surface area contributed by atoms with Crippen LogP contribution >= 0.6 is 31.9 Å². The fraction of sp³-hybridized carbons (Fsp3) is 0.350. The maximum atomic E-state index is 6.07. The minimum Gasteiger partial charge on any atom is -0.457 e. The Morgan fingerprint density at radius 3 is 2.28 bits per heavy atom. The quantitative estimate of drug-likeness (QED) is 0.323. The van der Waals surface area contributed by atoms with Gasteiger partial charge in [-0.25, -0.2) is 4.99 Å². The molecular formula is C20H24Br2N2O. The molecule has 0 aliphatic carbocycles. The van der Waals surface area contributed by atoms with Crippen LogP contribution in [0.1, 0.15) is 31.4 Å². The van der Waals surface area contributed by atoms with Gasteiger partial charge in [0.2, 0.25) is 0 Å². The molecule has 0 bridgehead atoms. The van der Waals surface area contributed by atoms with Crippen molar-refractivity contribution in [2.75, 3.05) is 13.1 Å². The van der Waals surface area contributed by atoms with E-state index in [9.17, 15) is 0 Å². The van der Waals surface area contributed by atoms with Crippen molar-refractivity contribution in [3.8, 4) is 11.5 Å². The summed E-state index contributed by atoms with van der Waals surface area (Å²) in [7, 11) is 0. The standard InChI is InChI=1S/C20H24Br2N2O/c1-5-7-24(6-2)13-23-19-8-15(4)20(9-14(19)3)25-18-11-16(21)10-17(22)12-18/h8-13H,5-7H2,1-4H3. The molecule has 0 aliphatic heterocycles. The summed E-state index contributed by atoms with van der Waals surface area (Å²) >= 11 is 6.98.